The Hall–Kier alpha value is -1.03. The van der Waals surface area contributed by atoms with Crippen LogP contribution in [0, 0.1) is 0 Å². The third kappa shape index (κ3) is 2.73. The fourth-order valence-electron chi connectivity index (χ4n) is 1.05. The summed E-state index contributed by atoms with van der Waals surface area (Å²) in [6, 6.07) is 0. The SMILES string of the molecule is CCCCS(=O)C1=CC(=O)C=CC1=O. The van der Waals surface area contributed by atoms with Crippen LogP contribution in [0.15, 0.2) is 23.1 Å². The second-order valence-corrected chi connectivity index (χ2v) is 4.55. The maximum Gasteiger partial charge on any atom is 0.194 e. The molecule has 1 rings (SSSR count). The van der Waals surface area contributed by atoms with Crippen LogP contribution < -0.4 is 0 Å². The lowest BCUT2D eigenvalue weighted by atomic mass is 10.2. The van der Waals surface area contributed by atoms with Crippen LogP contribution in [0.1, 0.15) is 19.8 Å². The number of rotatable bonds is 4. The number of carbonyl (C=O) groups excluding carboxylic acids is 2. The molecule has 0 fully saturated rings. The lowest BCUT2D eigenvalue weighted by molar-refractivity contribution is -0.114. The van der Waals surface area contributed by atoms with Gasteiger partial charge in [0.15, 0.2) is 11.6 Å². The van der Waals surface area contributed by atoms with Gasteiger partial charge in [0.2, 0.25) is 0 Å². The van der Waals surface area contributed by atoms with Crippen LogP contribution in [-0.2, 0) is 20.4 Å². The van der Waals surface area contributed by atoms with Crippen molar-refractivity contribution >= 4 is 22.4 Å². The Kier molecular flexibility index (Phi) is 3.95. The molecule has 3 nitrogen and oxygen atoms in total. The van der Waals surface area contributed by atoms with Gasteiger partial charge in [0.05, 0.1) is 15.7 Å². The van der Waals surface area contributed by atoms with Crippen molar-refractivity contribution in [3.8, 4) is 0 Å². The van der Waals surface area contributed by atoms with Crippen molar-refractivity contribution in [3.05, 3.63) is 23.1 Å². The Bertz CT molecular complexity index is 339. The van der Waals surface area contributed by atoms with Crippen molar-refractivity contribution in [2.45, 2.75) is 19.8 Å². The number of unbranched alkanes of at least 4 members (excludes halogenated alkanes) is 1. The summed E-state index contributed by atoms with van der Waals surface area (Å²) < 4.78 is 11.5. The number of ketones is 2. The van der Waals surface area contributed by atoms with Gasteiger partial charge in [0.25, 0.3) is 0 Å². The Balaban J connectivity index is 2.71. The molecular weight excluding hydrogens is 200 g/mol. The number of carbonyl (C=O) groups is 2. The van der Waals surface area contributed by atoms with Gasteiger partial charge >= 0.3 is 0 Å². The molecule has 1 aliphatic carbocycles. The van der Waals surface area contributed by atoms with Crippen LogP contribution >= 0.6 is 0 Å². The van der Waals surface area contributed by atoms with Gasteiger partial charge in [-0.15, -0.1) is 0 Å². The van der Waals surface area contributed by atoms with E-state index >= 15 is 0 Å². The Morgan fingerprint density at radius 2 is 2.00 bits per heavy atom. The monoisotopic (exact) mass is 212 g/mol. The summed E-state index contributed by atoms with van der Waals surface area (Å²) in [6.07, 6.45) is 5.28. The first-order valence-electron chi connectivity index (χ1n) is 4.51. The summed E-state index contributed by atoms with van der Waals surface area (Å²) in [4.78, 5) is 22.3. The Morgan fingerprint density at radius 1 is 1.29 bits per heavy atom. The molecule has 0 aromatic heterocycles. The third-order valence-corrected chi connectivity index (χ3v) is 3.31. The minimum atomic E-state index is -1.32. The highest BCUT2D eigenvalue weighted by molar-refractivity contribution is 7.90. The zero-order valence-electron chi connectivity index (χ0n) is 7.99. The lowest BCUT2D eigenvalue weighted by Gasteiger charge is -2.05. The molecule has 0 N–H and O–H groups in total. The second kappa shape index (κ2) is 5.00. The van der Waals surface area contributed by atoms with Crippen molar-refractivity contribution < 1.29 is 13.8 Å². The van der Waals surface area contributed by atoms with E-state index in [0.29, 0.717) is 5.75 Å². The Labute approximate surface area is 85.3 Å². The first-order valence-corrected chi connectivity index (χ1v) is 5.83. The van der Waals surface area contributed by atoms with Crippen LogP contribution in [0.4, 0.5) is 0 Å². The van der Waals surface area contributed by atoms with Crippen molar-refractivity contribution in [1.82, 2.24) is 0 Å². The molecule has 14 heavy (non-hydrogen) atoms. The van der Waals surface area contributed by atoms with Gasteiger partial charge < -0.3 is 0 Å². The van der Waals surface area contributed by atoms with Crippen LogP contribution in [0.3, 0.4) is 0 Å². The van der Waals surface area contributed by atoms with Gasteiger partial charge in [0.1, 0.15) is 0 Å². The molecule has 0 aromatic carbocycles. The molecule has 0 saturated heterocycles. The first-order chi connectivity index (χ1) is 6.65. The molecule has 0 saturated carbocycles. The highest BCUT2D eigenvalue weighted by atomic mass is 32.2. The number of allylic oxidation sites excluding steroid dienone is 4. The first kappa shape index (κ1) is 11.0. The molecule has 1 unspecified atom stereocenters. The minimum Gasteiger partial charge on any atom is -0.290 e. The number of hydrogen-bond acceptors (Lipinski definition) is 3. The topological polar surface area (TPSA) is 51.2 Å². The molecule has 0 aliphatic heterocycles. The molecule has 1 aliphatic rings. The van der Waals surface area contributed by atoms with Gasteiger partial charge in [-0.1, -0.05) is 13.3 Å². The van der Waals surface area contributed by atoms with Gasteiger partial charge in [-0.05, 0) is 18.6 Å². The summed E-state index contributed by atoms with van der Waals surface area (Å²) >= 11 is 0. The lowest BCUT2D eigenvalue weighted by Crippen LogP contribution is -2.14. The highest BCUT2D eigenvalue weighted by Gasteiger charge is 2.18. The van der Waals surface area contributed by atoms with Gasteiger partial charge in [-0.2, -0.15) is 0 Å². The van der Waals surface area contributed by atoms with Gasteiger partial charge in [0, 0.05) is 11.8 Å². The summed E-state index contributed by atoms with van der Waals surface area (Å²) in [5.41, 5.74) is 0. The van der Waals surface area contributed by atoms with Gasteiger partial charge in [-0.25, -0.2) is 0 Å². The van der Waals surface area contributed by atoms with Crippen LogP contribution in [0.25, 0.3) is 0 Å². The summed E-state index contributed by atoms with van der Waals surface area (Å²) in [6.45, 7) is 1.99. The molecule has 0 aromatic rings. The van der Waals surface area contributed by atoms with E-state index in [2.05, 4.69) is 0 Å². The molecular formula is C10H12O3S. The minimum absolute atomic E-state index is 0.144. The predicted octanol–water partition coefficient (Wildman–Crippen LogP) is 1.13. The zero-order valence-corrected chi connectivity index (χ0v) is 8.80. The highest BCUT2D eigenvalue weighted by Crippen LogP contribution is 2.11. The standard InChI is InChI=1S/C10H12O3S/c1-2-3-6-14(13)10-7-8(11)4-5-9(10)12/h4-5,7H,2-3,6H2,1H3. The van der Waals surface area contributed by atoms with Crippen molar-refractivity contribution in [3.63, 3.8) is 0 Å². The van der Waals surface area contributed by atoms with E-state index in [1.165, 1.54) is 18.2 Å². The maximum absolute atomic E-state index is 11.5. The summed E-state index contributed by atoms with van der Waals surface area (Å²) in [5.74, 6) is -0.113. The van der Waals surface area contributed by atoms with Crippen LogP contribution in [-0.4, -0.2) is 21.5 Å². The molecule has 0 radical (unpaired) electrons. The molecule has 0 heterocycles. The molecule has 0 bridgehead atoms. The second-order valence-electron chi connectivity index (χ2n) is 3.01. The largest absolute Gasteiger partial charge is 0.290 e. The normalized spacial score (nSPS) is 18.2. The van der Waals surface area contributed by atoms with Gasteiger partial charge in [-0.3, -0.25) is 13.8 Å². The molecule has 1 atom stereocenters. The average Bonchev–Trinajstić information content (AvgIpc) is 2.18. The Morgan fingerprint density at radius 3 is 2.64 bits per heavy atom. The zero-order chi connectivity index (χ0) is 10.6. The molecule has 76 valence electrons. The number of hydrogen-bond donors (Lipinski definition) is 0. The predicted molar refractivity (Wildman–Crippen MR) is 55.2 cm³/mol. The van der Waals surface area contributed by atoms with Crippen LogP contribution in [0.5, 0.6) is 0 Å². The maximum atomic E-state index is 11.5. The van der Waals surface area contributed by atoms with Crippen LogP contribution in [0.2, 0.25) is 0 Å². The molecule has 0 spiro atoms. The van der Waals surface area contributed by atoms with E-state index in [4.69, 9.17) is 0 Å². The van der Waals surface area contributed by atoms with E-state index in [9.17, 15) is 13.8 Å². The van der Waals surface area contributed by atoms with E-state index in [1.807, 2.05) is 6.92 Å². The average molecular weight is 212 g/mol. The summed E-state index contributed by atoms with van der Waals surface area (Å²) in [5, 5.41) is 0. The molecule has 4 heteroatoms. The summed E-state index contributed by atoms with van der Waals surface area (Å²) in [7, 11) is -1.32. The van der Waals surface area contributed by atoms with E-state index in [0.717, 1.165) is 12.8 Å². The fourth-order valence-corrected chi connectivity index (χ4v) is 2.36. The van der Waals surface area contributed by atoms with Crippen molar-refractivity contribution in [2.24, 2.45) is 0 Å². The van der Waals surface area contributed by atoms with E-state index in [1.54, 1.807) is 0 Å². The van der Waals surface area contributed by atoms with E-state index in [-0.39, 0.29) is 16.5 Å². The molecule has 0 amide bonds. The smallest absolute Gasteiger partial charge is 0.194 e. The third-order valence-electron chi connectivity index (χ3n) is 1.84. The quantitative estimate of drug-likeness (QED) is 0.656. The van der Waals surface area contributed by atoms with Crippen molar-refractivity contribution in [2.75, 3.05) is 5.75 Å². The fraction of sp³-hybridized carbons (Fsp3) is 0.400. The van der Waals surface area contributed by atoms with E-state index < -0.39 is 10.8 Å². The van der Waals surface area contributed by atoms with Crippen molar-refractivity contribution in [1.29, 1.82) is 0 Å².